The van der Waals surface area contributed by atoms with Crippen LogP contribution in [0.4, 0.5) is 11.4 Å². The third-order valence-corrected chi connectivity index (χ3v) is 4.45. The summed E-state index contributed by atoms with van der Waals surface area (Å²) in [5.74, 6) is 1.16. The third kappa shape index (κ3) is 3.89. The number of nitro groups is 1. The molecule has 0 aliphatic heterocycles. The number of hydrogen-bond donors (Lipinski definition) is 1. The van der Waals surface area contributed by atoms with Crippen LogP contribution in [0.3, 0.4) is 0 Å². The van der Waals surface area contributed by atoms with Gasteiger partial charge in [0.1, 0.15) is 5.75 Å². The molecule has 0 radical (unpaired) electrons. The van der Waals surface area contributed by atoms with Gasteiger partial charge in [-0.05, 0) is 24.3 Å². The van der Waals surface area contributed by atoms with Gasteiger partial charge in [-0.3, -0.25) is 10.1 Å². The maximum absolute atomic E-state index is 10.9. The van der Waals surface area contributed by atoms with Crippen LogP contribution < -0.4 is 10.5 Å². The van der Waals surface area contributed by atoms with Crippen molar-refractivity contribution in [3.63, 3.8) is 0 Å². The SMILES string of the molecule is COc1ccc([N+](=O)[O-])cc1CSc1cc(Br)ccc1N. The fourth-order valence-corrected chi connectivity index (χ4v) is 3.27. The van der Waals surface area contributed by atoms with E-state index in [0.29, 0.717) is 17.2 Å². The predicted octanol–water partition coefficient (Wildman–Crippen LogP) is 4.24. The lowest BCUT2D eigenvalue weighted by molar-refractivity contribution is -0.384. The van der Waals surface area contributed by atoms with E-state index >= 15 is 0 Å². The number of hydrogen-bond acceptors (Lipinski definition) is 5. The zero-order chi connectivity index (χ0) is 15.4. The van der Waals surface area contributed by atoms with E-state index in [1.54, 1.807) is 13.2 Å². The molecule has 0 unspecified atom stereocenters. The highest BCUT2D eigenvalue weighted by atomic mass is 79.9. The van der Waals surface area contributed by atoms with Gasteiger partial charge in [-0.25, -0.2) is 0 Å². The molecule has 0 spiro atoms. The van der Waals surface area contributed by atoms with Crippen LogP contribution in [0.1, 0.15) is 5.56 Å². The van der Waals surface area contributed by atoms with E-state index in [4.69, 9.17) is 10.5 Å². The average Bonchev–Trinajstić information content (AvgIpc) is 2.47. The molecule has 0 saturated carbocycles. The molecule has 2 aromatic carbocycles. The number of nitrogens with two attached hydrogens (primary N) is 1. The second-order valence-electron chi connectivity index (χ2n) is 4.22. The molecular formula is C14H13BrN2O3S. The smallest absolute Gasteiger partial charge is 0.270 e. The van der Waals surface area contributed by atoms with Crippen LogP contribution in [0, 0.1) is 10.1 Å². The standard InChI is InChI=1S/C14H13BrN2O3S/c1-20-13-5-3-11(17(18)19)6-9(13)8-21-14-7-10(15)2-4-12(14)16/h2-7H,8,16H2,1H3. The first kappa shape index (κ1) is 15.7. The topological polar surface area (TPSA) is 78.4 Å². The van der Waals surface area contributed by atoms with Gasteiger partial charge in [0.15, 0.2) is 0 Å². The van der Waals surface area contributed by atoms with Crippen LogP contribution in [0.5, 0.6) is 5.75 Å². The molecule has 0 heterocycles. The predicted molar refractivity (Wildman–Crippen MR) is 87.8 cm³/mol. The number of thioether (sulfide) groups is 1. The van der Waals surface area contributed by atoms with Gasteiger partial charge >= 0.3 is 0 Å². The van der Waals surface area contributed by atoms with Gasteiger partial charge in [-0.1, -0.05) is 15.9 Å². The number of methoxy groups -OCH3 is 1. The average molecular weight is 369 g/mol. The Labute approximate surface area is 134 Å². The van der Waals surface area contributed by atoms with E-state index < -0.39 is 4.92 Å². The molecule has 0 aliphatic carbocycles. The molecule has 110 valence electrons. The molecule has 0 aliphatic rings. The molecule has 0 amide bonds. The number of nitro benzene ring substituents is 1. The van der Waals surface area contributed by atoms with Gasteiger partial charge in [0.05, 0.1) is 12.0 Å². The Balaban J connectivity index is 2.24. The highest BCUT2D eigenvalue weighted by Gasteiger charge is 2.12. The first-order valence-corrected chi connectivity index (χ1v) is 7.78. The molecule has 7 heteroatoms. The number of non-ortho nitro benzene ring substituents is 1. The van der Waals surface area contributed by atoms with Gasteiger partial charge in [0, 0.05) is 38.5 Å². The summed E-state index contributed by atoms with van der Waals surface area (Å²) in [4.78, 5) is 11.4. The summed E-state index contributed by atoms with van der Waals surface area (Å²) in [5, 5.41) is 10.9. The van der Waals surface area contributed by atoms with E-state index in [2.05, 4.69) is 15.9 Å². The van der Waals surface area contributed by atoms with E-state index in [9.17, 15) is 10.1 Å². The van der Waals surface area contributed by atoms with Gasteiger partial charge in [0.2, 0.25) is 0 Å². The van der Waals surface area contributed by atoms with Gasteiger partial charge < -0.3 is 10.5 Å². The van der Waals surface area contributed by atoms with Crippen LogP contribution in [-0.4, -0.2) is 12.0 Å². The minimum absolute atomic E-state index is 0.0496. The van der Waals surface area contributed by atoms with E-state index in [1.807, 2.05) is 18.2 Å². The molecule has 0 bridgehead atoms. The molecule has 0 saturated heterocycles. The summed E-state index contributed by atoms with van der Waals surface area (Å²) in [7, 11) is 1.54. The largest absolute Gasteiger partial charge is 0.496 e. The number of benzene rings is 2. The summed E-state index contributed by atoms with van der Waals surface area (Å²) in [6, 6.07) is 10.2. The number of nitrogen functional groups attached to an aromatic ring is 1. The number of halogens is 1. The zero-order valence-electron chi connectivity index (χ0n) is 11.2. The normalized spacial score (nSPS) is 10.4. The van der Waals surface area contributed by atoms with E-state index in [0.717, 1.165) is 14.9 Å². The van der Waals surface area contributed by atoms with Crippen molar-refractivity contribution in [1.29, 1.82) is 0 Å². The Morgan fingerprint density at radius 3 is 2.76 bits per heavy atom. The molecule has 5 nitrogen and oxygen atoms in total. The first-order chi connectivity index (χ1) is 10.0. The van der Waals surface area contributed by atoms with E-state index in [-0.39, 0.29) is 5.69 Å². The summed E-state index contributed by atoms with van der Waals surface area (Å²) >= 11 is 4.91. The Bertz CT molecular complexity index is 679. The Morgan fingerprint density at radius 1 is 1.33 bits per heavy atom. The molecule has 0 aromatic heterocycles. The lowest BCUT2D eigenvalue weighted by atomic mass is 10.2. The molecule has 0 atom stereocenters. The summed E-state index contributed by atoms with van der Waals surface area (Å²) in [6.07, 6.45) is 0. The zero-order valence-corrected chi connectivity index (χ0v) is 13.6. The van der Waals surface area contributed by atoms with Gasteiger partial charge in [-0.15, -0.1) is 11.8 Å². The van der Waals surface area contributed by atoms with E-state index in [1.165, 1.54) is 23.9 Å². The van der Waals surface area contributed by atoms with Crippen molar-refractivity contribution in [2.24, 2.45) is 0 Å². The quantitative estimate of drug-likeness (QED) is 0.369. The van der Waals surface area contributed by atoms with Gasteiger partial charge in [-0.2, -0.15) is 0 Å². The maximum Gasteiger partial charge on any atom is 0.270 e. The van der Waals surface area contributed by atoms with Crippen molar-refractivity contribution in [2.45, 2.75) is 10.6 Å². The highest BCUT2D eigenvalue weighted by Crippen LogP contribution is 2.34. The molecule has 0 fully saturated rings. The molecule has 21 heavy (non-hydrogen) atoms. The lowest BCUT2D eigenvalue weighted by Gasteiger charge is -2.09. The number of rotatable bonds is 5. The van der Waals surface area contributed by atoms with Crippen LogP contribution in [0.15, 0.2) is 45.8 Å². The number of anilines is 1. The van der Waals surface area contributed by atoms with Crippen molar-refractivity contribution < 1.29 is 9.66 Å². The van der Waals surface area contributed by atoms with Crippen LogP contribution in [0.25, 0.3) is 0 Å². The minimum atomic E-state index is -0.416. The first-order valence-electron chi connectivity index (χ1n) is 6.00. The molecule has 2 N–H and O–H groups in total. The Morgan fingerprint density at radius 2 is 2.10 bits per heavy atom. The lowest BCUT2D eigenvalue weighted by Crippen LogP contribution is -1.95. The molecule has 2 aromatic rings. The van der Waals surface area contributed by atoms with Crippen LogP contribution >= 0.6 is 27.7 Å². The van der Waals surface area contributed by atoms with Crippen molar-refractivity contribution >= 4 is 39.1 Å². The fourth-order valence-electron chi connectivity index (χ4n) is 1.78. The second-order valence-corrected chi connectivity index (χ2v) is 6.16. The minimum Gasteiger partial charge on any atom is -0.496 e. The van der Waals surface area contributed by atoms with Gasteiger partial charge in [0.25, 0.3) is 5.69 Å². The number of nitrogens with zero attached hydrogens (tertiary/aromatic N) is 1. The van der Waals surface area contributed by atoms with Crippen molar-refractivity contribution in [1.82, 2.24) is 0 Å². The second kappa shape index (κ2) is 6.82. The fraction of sp³-hybridized carbons (Fsp3) is 0.143. The summed E-state index contributed by atoms with van der Waals surface area (Å²) in [6.45, 7) is 0. The molecular weight excluding hydrogens is 356 g/mol. The van der Waals surface area contributed by atoms with Crippen molar-refractivity contribution in [3.8, 4) is 5.75 Å². The van der Waals surface area contributed by atoms with Crippen LogP contribution in [0.2, 0.25) is 0 Å². The van der Waals surface area contributed by atoms with Crippen LogP contribution in [-0.2, 0) is 5.75 Å². The third-order valence-electron chi connectivity index (χ3n) is 2.83. The Hall–Kier alpha value is -1.73. The Kier molecular flexibility index (Phi) is 5.08. The van der Waals surface area contributed by atoms with Crippen molar-refractivity contribution in [3.05, 3.63) is 56.5 Å². The highest BCUT2D eigenvalue weighted by molar-refractivity contribution is 9.10. The van der Waals surface area contributed by atoms with Crippen molar-refractivity contribution in [2.75, 3.05) is 12.8 Å². The summed E-state index contributed by atoms with van der Waals surface area (Å²) in [5.41, 5.74) is 7.40. The monoisotopic (exact) mass is 368 g/mol. The maximum atomic E-state index is 10.9. The number of ether oxygens (including phenoxy) is 1. The summed E-state index contributed by atoms with van der Waals surface area (Å²) < 4.78 is 6.18. The molecule has 2 rings (SSSR count).